The summed E-state index contributed by atoms with van der Waals surface area (Å²) in [6, 6.07) is 0. The highest BCUT2D eigenvalue weighted by Crippen LogP contribution is 2.53. The standard InChI is InChI=1S/C15H33O4P/c1-7-9-11-14(5)18-20(16,17-13(3)4)19-15(6)12-10-8-2/h13-15H,7-12H2,1-6H3. The summed E-state index contributed by atoms with van der Waals surface area (Å²) in [5, 5.41) is 0. The molecule has 0 radical (unpaired) electrons. The number of phosphoric ester groups is 1. The van der Waals surface area contributed by atoms with Crippen molar-refractivity contribution in [2.75, 3.05) is 0 Å². The molecule has 0 aromatic heterocycles. The van der Waals surface area contributed by atoms with Gasteiger partial charge in [0.05, 0.1) is 18.3 Å². The molecule has 0 aliphatic rings. The highest BCUT2D eigenvalue weighted by molar-refractivity contribution is 7.48. The Kier molecular flexibility index (Phi) is 10.8. The summed E-state index contributed by atoms with van der Waals surface area (Å²) in [5.41, 5.74) is 0. The Morgan fingerprint density at radius 1 is 0.800 bits per heavy atom. The summed E-state index contributed by atoms with van der Waals surface area (Å²) >= 11 is 0. The van der Waals surface area contributed by atoms with Crippen molar-refractivity contribution in [3.8, 4) is 0 Å². The molecule has 0 saturated carbocycles. The first kappa shape index (κ1) is 20.1. The van der Waals surface area contributed by atoms with Gasteiger partial charge in [-0.1, -0.05) is 39.5 Å². The lowest BCUT2D eigenvalue weighted by atomic mass is 10.2. The van der Waals surface area contributed by atoms with Crippen molar-refractivity contribution in [3.63, 3.8) is 0 Å². The average molecular weight is 308 g/mol. The second-order valence-corrected chi connectivity index (χ2v) is 7.24. The lowest BCUT2D eigenvalue weighted by molar-refractivity contribution is 0.0423. The van der Waals surface area contributed by atoms with Crippen LogP contribution < -0.4 is 0 Å². The molecule has 0 aromatic carbocycles. The molecule has 2 unspecified atom stereocenters. The Morgan fingerprint density at radius 2 is 1.20 bits per heavy atom. The van der Waals surface area contributed by atoms with Crippen molar-refractivity contribution >= 4 is 7.82 Å². The second kappa shape index (κ2) is 10.8. The zero-order valence-electron chi connectivity index (χ0n) is 14.1. The fraction of sp³-hybridized carbons (Fsp3) is 1.00. The molecule has 0 N–H and O–H groups in total. The first-order valence-electron chi connectivity index (χ1n) is 7.98. The second-order valence-electron chi connectivity index (χ2n) is 5.72. The molecule has 0 heterocycles. The molecule has 0 aromatic rings. The number of hydrogen-bond donors (Lipinski definition) is 0. The fourth-order valence-electron chi connectivity index (χ4n) is 1.86. The molecule has 0 aliphatic carbocycles. The third-order valence-electron chi connectivity index (χ3n) is 2.89. The Bertz CT molecular complexity index is 261. The molecule has 0 rings (SSSR count). The highest BCUT2D eigenvalue weighted by atomic mass is 31.2. The summed E-state index contributed by atoms with van der Waals surface area (Å²) in [6.45, 7) is 11.8. The minimum absolute atomic E-state index is 0.113. The van der Waals surface area contributed by atoms with Crippen LogP contribution in [0.1, 0.15) is 80.1 Å². The molecule has 0 saturated heterocycles. The van der Waals surface area contributed by atoms with Gasteiger partial charge < -0.3 is 0 Å². The van der Waals surface area contributed by atoms with Gasteiger partial charge in [0.2, 0.25) is 0 Å². The van der Waals surface area contributed by atoms with E-state index in [1.54, 1.807) is 0 Å². The number of hydrogen-bond acceptors (Lipinski definition) is 4. The largest absolute Gasteiger partial charge is 0.475 e. The summed E-state index contributed by atoms with van der Waals surface area (Å²) in [6.07, 6.45) is 5.62. The number of unbranched alkanes of at least 4 members (excludes halogenated alkanes) is 2. The third-order valence-corrected chi connectivity index (χ3v) is 4.80. The number of rotatable bonds is 12. The van der Waals surface area contributed by atoms with Crippen molar-refractivity contribution in [2.24, 2.45) is 0 Å². The maximum Gasteiger partial charge on any atom is 0.475 e. The van der Waals surface area contributed by atoms with Crippen molar-refractivity contribution in [3.05, 3.63) is 0 Å². The third kappa shape index (κ3) is 9.93. The van der Waals surface area contributed by atoms with E-state index in [9.17, 15) is 4.57 Å². The van der Waals surface area contributed by atoms with Crippen molar-refractivity contribution < 1.29 is 18.1 Å². The van der Waals surface area contributed by atoms with Crippen LogP contribution in [0.2, 0.25) is 0 Å². The van der Waals surface area contributed by atoms with Gasteiger partial charge >= 0.3 is 7.82 Å². The molecule has 4 nitrogen and oxygen atoms in total. The van der Waals surface area contributed by atoms with Crippen molar-refractivity contribution in [2.45, 2.75) is 98.4 Å². The van der Waals surface area contributed by atoms with Gasteiger partial charge in [0.1, 0.15) is 0 Å². The first-order valence-corrected chi connectivity index (χ1v) is 9.44. The monoisotopic (exact) mass is 308 g/mol. The van der Waals surface area contributed by atoms with Crippen molar-refractivity contribution in [1.82, 2.24) is 0 Å². The zero-order valence-corrected chi connectivity index (χ0v) is 14.9. The van der Waals surface area contributed by atoms with Gasteiger partial charge in [-0.25, -0.2) is 4.57 Å². The Hall–Kier alpha value is 0.110. The van der Waals surface area contributed by atoms with Crippen LogP contribution in [0.15, 0.2) is 0 Å². The molecular formula is C15H33O4P. The molecule has 0 aliphatic heterocycles. The maximum atomic E-state index is 12.7. The molecule has 0 fully saturated rings. The van der Waals surface area contributed by atoms with Crippen LogP contribution in [0.5, 0.6) is 0 Å². The summed E-state index contributed by atoms with van der Waals surface area (Å²) in [5.74, 6) is 0. The van der Waals surface area contributed by atoms with Gasteiger partial charge in [0.15, 0.2) is 0 Å². The van der Waals surface area contributed by atoms with Crippen LogP contribution in [0, 0.1) is 0 Å². The Labute approximate surface area is 125 Å². The van der Waals surface area contributed by atoms with Gasteiger partial charge in [-0.3, -0.25) is 13.6 Å². The van der Waals surface area contributed by atoms with Crippen LogP contribution in [-0.2, 0) is 18.1 Å². The van der Waals surface area contributed by atoms with Crippen LogP contribution in [0.4, 0.5) is 0 Å². The molecule has 122 valence electrons. The van der Waals surface area contributed by atoms with Gasteiger partial charge in [-0.2, -0.15) is 0 Å². The molecule has 20 heavy (non-hydrogen) atoms. The van der Waals surface area contributed by atoms with E-state index >= 15 is 0 Å². The lowest BCUT2D eigenvalue weighted by Gasteiger charge is -2.26. The van der Waals surface area contributed by atoms with Crippen LogP contribution >= 0.6 is 7.82 Å². The molecule has 5 heteroatoms. The Morgan fingerprint density at radius 3 is 1.50 bits per heavy atom. The van der Waals surface area contributed by atoms with E-state index in [1.807, 2.05) is 27.7 Å². The van der Waals surface area contributed by atoms with Crippen LogP contribution in [0.25, 0.3) is 0 Å². The van der Waals surface area contributed by atoms with E-state index in [2.05, 4.69) is 13.8 Å². The molecule has 0 amide bonds. The normalized spacial score (nSPS) is 17.9. The minimum Gasteiger partial charge on any atom is -0.284 e. The predicted octanol–water partition coefficient (Wildman–Crippen LogP) is 5.71. The van der Waals surface area contributed by atoms with Gasteiger partial charge in [0, 0.05) is 0 Å². The van der Waals surface area contributed by atoms with E-state index in [1.165, 1.54) is 0 Å². The van der Waals surface area contributed by atoms with Crippen molar-refractivity contribution in [1.29, 1.82) is 0 Å². The number of phosphoric acid groups is 1. The maximum absolute atomic E-state index is 12.7. The van der Waals surface area contributed by atoms with E-state index in [0.29, 0.717) is 0 Å². The van der Waals surface area contributed by atoms with Gasteiger partial charge in [0.25, 0.3) is 0 Å². The quantitative estimate of drug-likeness (QED) is 0.433. The minimum atomic E-state index is -3.47. The first-order chi connectivity index (χ1) is 9.33. The van der Waals surface area contributed by atoms with Gasteiger partial charge in [-0.05, 0) is 40.5 Å². The average Bonchev–Trinajstić information content (AvgIpc) is 2.32. The SMILES string of the molecule is CCCCC(C)OP(=O)(OC(C)C)OC(C)CCCC. The lowest BCUT2D eigenvalue weighted by Crippen LogP contribution is -2.16. The van der Waals surface area contributed by atoms with Gasteiger partial charge in [-0.15, -0.1) is 0 Å². The topological polar surface area (TPSA) is 44.8 Å². The summed E-state index contributed by atoms with van der Waals surface area (Å²) < 4.78 is 29.4. The molecule has 2 atom stereocenters. The van der Waals surface area contributed by atoms with Crippen LogP contribution in [-0.4, -0.2) is 18.3 Å². The summed E-state index contributed by atoms with van der Waals surface area (Å²) in [7, 11) is -3.47. The fourth-order valence-corrected chi connectivity index (χ4v) is 3.62. The molecular weight excluding hydrogens is 275 g/mol. The zero-order chi connectivity index (χ0) is 15.6. The predicted molar refractivity (Wildman–Crippen MR) is 84.0 cm³/mol. The van der Waals surface area contributed by atoms with E-state index in [-0.39, 0.29) is 18.3 Å². The van der Waals surface area contributed by atoms with E-state index in [0.717, 1.165) is 38.5 Å². The molecule has 0 bridgehead atoms. The van der Waals surface area contributed by atoms with E-state index in [4.69, 9.17) is 13.6 Å². The summed E-state index contributed by atoms with van der Waals surface area (Å²) in [4.78, 5) is 0. The Balaban J connectivity index is 4.52. The highest BCUT2D eigenvalue weighted by Gasteiger charge is 2.32. The van der Waals surface area contributed by atoms with E-state index < -0.39 is 7.82 Å². The smallest absolute Gasteiger partial charge is 0.284 e. The van der Waals surface area contributed by atoms with Crippen LogP contribution in [0.3, 0.4) is 0 Å². The molecule has 0 spiro atoms.